The van der Waals surface area contributed by atoms with Crippen LogP contribution in [0, 0.1) is 5.82 Å². The first kappa shape index (κ1) is 12.3. The van der Waals surface area contributed by atoms with Crippen molar-refractivity contribution >= 4 is 11.6 Å². The highest BCUT2D eigenvalue weighted by Gasteiger charge is 2.17. The van der Waals surface area contributed by atoms with Crippen LogP contribution in [-0.2, 0) is 0 Å². The van der Waals surface area contributed by atoms with Crippen molar-refractivity contribution in [3.63, 3.8) is 0 Å². The summed E-state index contributed by atoms with van der Waals surface area (Å²) in [6, 6.07) is 6.53. The summed E-state index contributed by atoms with van der Waals surface area (Å²) in [4.78, 5) is 10.0. The number of halogens is 1. The van der Waals surface area contributed by atoms with Gasteiger partial charge in [0.15, 0.2) is 0 Å². The Kier molecular flexibility index (Phi) is 3.41. The Hall–Kier alpha value is -2.17. The second-order valence-electron chi connectivity index (χ2n) is 4.12. The van der Waals surface area contributed by atoms with Crippen molar-refractivity contribution in [2.45, 2.75) is 13.0 Å². The van der Waals surface area contributed by atoms with Gasteiger partial charge in [-0.1, -0.05) is 18.2 Å². The van der Waals surface area contributed by atoms with Crippen molar-refractivity contribution in [3.8, 4) is 0 Å². The fourth-order valence-corrected chi connectivity index (χ4v) is 1.71. The summed E-state index contributed by atoms with van der Waals surface area (Å²) >= 11 is 0. The molecule has 0 bridgehead atoms. The molecule has 0 amide bonds. The minimum Gasteiger partial charge on any atom is -0.396 e. The van der Waals surface area contributed by atoms with Gasteiger partial charge in [-0.2, -0.15) is 0 Å². The van der Waals surface area contributed by atoms with Gasteiger partial charge in [-0.3, -0.25) is 0 Å². The molecule has 0 aliphatic heterocycles. The summed E-state index contributed by atoms with van der Waals surface area (Å²) in [7, 11) is 1.82. The largest absolute Gasteiger partial charge is 0.396 e. The van der Waals surface area contributed by atoms with E-state index in [2.05, 4.69) is 9.97 Å². The molecule has 0 aliphatic carbocycles. The Morgan fingerprint density at radius 1 is 1.22 bits per heavy atom. The zero-order valence-electron chi connectivity index (χ0n) is 10.3. The molecule has 0 spiro atoms. The molecule has 0 aliphatic rings. The van der Waals surface area contributed by atoms with E-state index in [0.717, 1.165) is 0 Å². The average molecular weight is 246 g/mol. The zero-order valence-corrected chi connectivity index (χ0v) is 10.3. The predicted octanol–water partition coefficient (Wildman–Crippen LogP) is 2.40. The van der Waals surface area contributed by atoms with Crippen LogP contribution in [0.25, 0.3) is 0 Å². The highest BCUT2D eigenvalue weighted by molar-refractivity contribution is 5.39. The lowest BCUT2D eigenvalue weighted by Crippen LogP contribution is -2.24. The normalized spacial score (nSPS) is 12.2. The second-order valence-corrected chi connectivity index (χ2v) is 4.12. The highest BCUT2D eigenvalue weighted by atomic mass is 19.1. The summed E-state index contributed by atoms with van der Waals surface area (Å²) in [6.07, 6.45) is 3.07. The molecule has 1 unspecified atom stereocenters. The van der Waals surface area contributed by atoms with E-state index in [1.165, 1.54) is 18.5 Å². The predicted molar refractivity (Wildman–Crippen MR) is 69.7 cm³/mol. The van der Waals surface area contributed by atoms with Crippen LogP contribution < -0.4 is 10.6 Å². The number of benzene rings is 1. The van der Waals surface area contributed by atoms with E-state index in [-0.39, 0.29) is 11.9 Å². The molecular formula is C13H15FN4. The van der Waals surface area contributed by atoms with Gasteiger partial charge in [0.05, 0.1) is 24.1 Å². The number of anilines is 2. The standard InChI is InChI=1S/C13H15FN4/c1-9(11-5-3-4-6-12(11)14)18(2)13-16-7-10(15)8-17-13/h3-9H,15H2,1-2H3. The summed E-state index contributed by atoms with van der Waals surface area (Å²) in [5.74, 6) is 0.284. The number of rotatable bonds is 3. The molecule has 0 radical (unpaired) electrons. The molecule has 94 valence electrons. The third-order valence-corrected chi connectivity index (χ3v) is 2.91. The van der Waals surface area contributed by atoms with E-state index < -0.39 is 0 Å². The average Bonchev–Trinajstić information content (AvgIpc) is 2.38. The highest BCUT2D eigenvalue weighted by Crippen LogP contribution is 2.24. The molecule has 1 aromatic carbocycles. The summed E-state index contributed by atoms with van der Waals surface area (Å²) in [6.45, 7) is 1.90. The van der Waals surface area contributed by atoms with E-state index in [9.17, 15) is 4.39 Å². The Labute approximate surface area is 105 Å². The minimum absolute atomic E-state index is 0.158. The number of hydrogen-bond donors (Lipinski definition) is 1. The maximum atomic E-state index is 13.7. The van der Waals surface area contributed by atoms with Crippen LogP contribution in [0.3, 0.4) is 0 Å². The van der Waals surface area contributed by atoms with Gasteiger partial charge in [0.2, 0.25) is 5.95 Å². The molecular weight excluding hydrogens is 231 g/mol. The Balaban J connectivity index is 2.26. The van der Waals surface area contributed by atoms with Gasteiger partial charge in [0, 0.05) is 12.6 Å². The van der Waals surface area contributed by atoms with Crippen LogP contribution in [0.1, 0.15) is 18.5 Å². The Morgan fingerprint density at radius 3 is 2.44 bits per heavy atom. The number of hydrogen-bond acceptors (Lipinski definition) is 4. The maximum absolute atomic E-state index is 13.7. The van der Waals surface area contributed by atoms with E-state index >= 15 is 0 Å². The topological polar surface area (TPSA) is 55.0 Å². The first-order valence-electron chi connectivity index (χ1n) is 5.64. The van der Waals surface area contributed by atoms with E-state index in [1.807, 2.05) is 20.0 Å². The van der Waals surface area contributed by atoms with Crippen LogP contribution in [0.2, 0.25) is 0 Å². The fraction of sp³-hybridized carbons (Fsp3) is 0.231. The van der Waals surface area contributed by atoms with Crippen molar-refractivity contribution in [2.75, 3.05) is 17.7 Å². The van der Waals surface area contributed by atoms with Gasteiger partial charge in [-0.05, 0) is 13.0 Å². The second kappa shape index (κ2) is 5.00. The lowest BCUT2D eigenvalue weighted by molar-refractivity contribution is 0.582. The lowest BCUT2D eigenvalue weighted by Gasteiger charge is -2.25. The van der Waals surface area contributed by atoms with E-state index in [0.29, 0.717) is 17.2 Å². The molecule has 2 aromatic rings. The van der Waals surface area contributed by atoms with Gasteiger partial charge in [-0.25, -0.2) is 14.4 Å². The van der Waals surface area contributed by atoms with Gasteiger partial charge in [0.1, 0.15) is 5.82 Å². The molecule has 2 rings (SSSR count). The van der Waals surface area contributed by atoms with Crippen LogP contribution in [0.15, 0.2) is 36.7 Å². The molecule has 2 N–H and O–H groups in total. The lowest BCUT2D eigenvalue weighted by atomic mass is 10.1. The van der Waals surface area contributed by atoms with Crippen molar-refractivity contribution in [1.29, 1.82) is 0 Å². The van der Waals surface area contributed by atoms with Crippen LogP contribution in [0.4, 0.5) is 16.0 Å². The molecule has 0 saturated heterocycles. The van der Waals surface area contributed by atoms with Gasteiger partial charge >= 0.3 is 0 Å². The van der Waals surface area contributed by atoms with Gasteiger partial charge in [-0.15, -0.1) is 0 Å². The first-order chi connectivity index (χ1) is 8.59. The minimum atomic E-state index is -0.229. The van der Waals surface area contributed by atoms with Crippen molar-refractivity contribution in [3.05, 3.63) is 48.0 Å². The molecule has 4 nitrogen and oxygen atoms in total. The van der Waals surface area contributed by atoms with Gasteiger partial charge in [0.25, 0.3) is 0 Å². The first-order valence-corrected chi connectivity index (χ1v) is 5.64. The molecule has 0 saturated carbocycles. The molecule has 1 atom stereocenters. The van der Waals surface area contributed by atoms with E-state index in [4.69, 9.17) is 5.73 Å². The number of nitrogens with two attached hydrogens (primary N) is 1. The fourth-order valence-electron chi connectivity index (χ4n) is 1.71. The Morgan fingerprint density at radius 2 is 1.83 bits per heavy atom. The maximum Gasteiger partial charge on any atom is 0.225 e. The Bertz CT molecular complexity index is 527. The van der Waals surface area contributed by atoms with Crippen molar-refractivity contribution in [2.24, 2.45) is 0 Å². The number of nitrogens with zero attached hydrogens (tertiary/aromatic N) is 3. The summed E-state index contributed by atoms with van der Waals surface area (Å²) < 4.78 is 13.7. The van der Waals surface area contributed by atoms with Gasteiger partial charge < -0.3 is 10.6 Å². The third kappa shape index (κ3) is 2.40. The molecule has 5 heteroatoms. The zero-order chi connectivity index (χ0) is 13.1. The van der Waals surface area contributed by atoms with Crippen LogP contribution in [0.5, 0.6) is 0 Å². The van der Waals surface area contributed by atoms with Crippen molar-refractivity contribution < 1.29 is 4.39 Å². The number of nitrogen functional groups attached to an aromatic ring is 1. The summed E-state index contributed by atoms with van der Waals surface area (Å²) in [5, 5.41) is 0. The quantitative estimate of drug-likeness (QED) is 0.903. The molecule has 18 heavy (non-hydrogen) atoms. The summed E-state index contributed by atoms with van der Waals surface area (Å²) in [5.41, 5.74) is 6.65. The van der Waals surface area contributed by atoms with Crippen LogP contribution >= 0.6 is 0 Å². The monoisotopic (exact) mass is 246 g/mol. The molecule has 1 aromatic heterocycles. The molecule has 1 heterocycles. The van der Waals surface area contributed by atoms with Crippen LogP contribution in [-0.4, -0.2) is 17.0 Å². The third-order valence-electron chi connectivity index (χ3n) is 2.91. The van der Waals surface area contributed by atoms with Crippen molar-refractivity contribution in [1.82, 2.24) is 9.97 Å². The smallest absolute Gasteiger partial charge is 0.225 e. The van der Waals surface area contributed by atoms with E-state index in [1.54, 1.807) is 17.0 Å². The molecule has 0 fully saturated rings. The number of aromatic nitrogens is 2. The SMILES string of the molecule is CC(c1ccccc1F)N(C)c1ncc(N)cn1.